The number of benzene rings is 2. The molecule has 0 bridgehead atoms. The fraction of sp³-hybridized carbons (Fsp3) is 0.0714. The summed E-state index contributed by atoms with van der Waals surface area (Å²) in [5.41, 5.74) is 0.412. The summed E-state index contributed by atoms with van der Waals surface area (Å²) in [6.07, 6.45) is 0. The van der Waals surface area contributed by atoms with Gasteiger partial charge in [0.15, 0.2) is 5.75 Å². The van der Waals surface area contributed by atoms with Crippen LogP contribution in [0.1, 0.15) is 10.4 Å². The van der Waals surface area contributed by atoms with E-state index in [-0.39, 0.29) is 17.0 Å². The van der Waals surface area contributed by atoms with Crippen molar-refractivity contribution in [1.82, 2.24) is 0 Å². The van der Waals surface area contributed by atoms with Gasteiger partial charge in [0.25, 0.3) is 11.6 Å². The number of fused-ring (bicyclic) bond motifs is 2. The number of nitro groups is 1. The fourth-order valence-corrected chi connectivity index (χ4v) is 2.02. The minimum absolute atomic E-state index is 0.111. The lowest BCUT2D eigenvalue weighted by atomic mass is 10.1. The van der Waals surface area contributed by atoms with Crippen molar-refractivity contribution in [1.29, 1.82) is 0 Å². The molecule has 0 fully saturated rings. The Morgan fingerprint density at radius 2 is 2.00 bits per heavy atom. The number of hydrogen-bond donors (Lipinski definition) is 1. The molecule has 0 saturated carbocycles. The lowest BCUT2D eigenvalue weighted by Gasteiger charge is -2.09. The topological polar surface area (TPSA) is 90.7 Å². The van der Waals surface area contributed by atoms with E-state index in [1.807, 2.05) is 0 Å². The molecule has 1 aliphatic heterocycles. The molecule has 106 valence electrons. The molecule has 1 N–H and O–H groups in total. The van der Waals surface area contributed by atoms with Crippen LogP contribution in [0.2, 0.25) is 0 Å². The molecule has 7 heteroatoms. The number of rotatable bonds is 2. The Morgan fingerprint density at radius 1 is 1.19 bits per heavy atom. The van der Waals surface area contributed by atoms with Gasteiger partial charge in [-0.2, -0.15) is 0 Å². The van der Waals surface area contributed by atoms with Crippen molar-refractivity contribution in [3.63, 3.8) is 0 Å². The molecular weight excluding hydrogens is 276 g/mol. The Kier molecular flexibility index (Phi) is 2.94. The average Bonchev–Trinajstić information content (AvgIpc) is 2.62. The van der Waals surface area contributed by atoms with Crippen molar-refractivity contribution in [2.75, 3.05) is 12.4 Å². The molecule has 1 aliphatic rings. The van der Waals surface area contributed by atoms with Gasteiger partial charge in [0.05, 0.1) is 23.3 Å². The van der Waals surface area contributed by atoms with Crippen molar-refractivity contribution in [3.05, 3.63) is 52.1 Å². The van der Waals surface area contributed by atoms with E-state index in [9.17, 15) is 14.9 Å². The van der Waals surface area contributed by atoms with Crippen LogP contribution < -0.4 is 14.8 Å². The molecule has 0 radical (unpaired) electrons. The first kappa shape index (κ1) is 12.9. The maximum absolute atomic E-state index is 12.2. The number of nitro benzene ring substituents is 1. The number of anilines is 1. The van der Waals surface area contributed by atoms with Gasteiger partial charge in [-0.3, -0.25) is 14.9 Å². The molecule has 3 rings (SSSR count). The Hall–Kier alpha value is -3.09. The number of hydrogen-bond acceptors (Lipinski definition) is 5. The maximum Gasteiger partial charge on any atom is 0.270 e. The standard InChI is InChI=1S/C14H10N2O5/c1-20-9-3-4-11-13(7-9)21-12-5-2-8(16(18)19)6-10(12)14(17)15-11/h2-7H,1H3,(H,15,17). The Balaban J connectivity index is 2.10. The quantitative estimate of drug-likeness (QED) is 0.677. The first-order valence-corrected chi connectivity index (χ1v) is 6.04. The van der Waals surface area contributed by atoms with Crippen molar-refractivity contribution < 1.29 is 19.2 Å². The summed E-state index contributed by atoms with van der Waals surface area (Å²) < 4.78 is 10.8. The highest BCUT2D eigenvalue weighted by Gasteiger charge is 2.23. The zero-order chi connectivity index (χ0) is 15.0. The molecule has 0 aliphatic carbocycles. The zero-order valence-corrected chi connectivity index (χ0v) is 11.0. The molecule has 2 aromatic carbocycles. The van der Waals surface area contributed by atoms with Gasteiger partial charge in [0.1, 0.15) is 11.5 Å². The van der Waals surface area contributed by atoms with Crippen LogP contribution in [0.25, 0.3) is 0 Å². The number of nitrogens with one attached hydrogen (secondary N) is 1. The van der Waals surface area contributed by atoms with Crippen LogP contribution in [0.4, 0.5) is 11.4 Å². The lowest BCUT2D eigenvalue weighted by molar-refractivity contribution is -0.384. The normalized spacial score (nSPS) is 12.3. The van der Waals surface area contributed by atoms with Gasteiger partial charge in [-0.25, -0.2) is 0 Å². The second-order valence-electron chi connectivity index (χ2n) is 4.36. The van der Waals surface area contributed by atoms with Crippen LogP contribution in [-0.2, 0) is 0 Å². The molecule has 1 heterocycles. The number of carbonyl (C=O) groups is 1. The molecular formula is C14H10N2O5. The van der Waals surface area contributed by atoms with Crippen molar-refractivity contribution >= 4 is 17.3 Å². The number of methoxy groups -OCH3 is 1. The van der Waals surface area contributed by atoms with E-state index >= 15 is 0 Å². The summed E-state index contributed by atoms with van der Waals surface area (Å²) in [4.78, 5) is 22.4. The number of amides is 1. The number of non-ortho nitro benzene ring substituents is 1. The largest absolute Gasteiger partial charge is 0.497 e. The predicted octanol–water partition coefficient (Wildman–Crippen LogP) is 2.96. The summed E-state index contributed by atoms with van der Waals surface area (Å²) in [6, 6.07) is 8.84. The molecule has 2 aromatic rings. The first-order chi connectivity index (χ1) is 10.1. The van der Waals surface area contributed by atoms with Crippen LogP contribution in [0, 0.1) is 10.1 Å². The highest BCUT2D eigenvalue weighted by molar-refractivity contribution is 6.08. The minimum Gasteiger partial charge on any atom is -0.497 e. The zero-order valence-electron chi connectivity index (χ0n) is 11.0. The lowest BCUT2D eigenvalue weighted by Crippen LogP contribution is -2.10. The molecule has 0 saturated heterocycles. The van der Waals surface area contributed by atoms with Gasteiger partial charge in [0, 0.05) is 18.2 Å². The molecule has 7 nitrogen and oxygen atoms in total. The third-order valence-electron chi connectivity index (χ3n) is 3.08. The van der Waals surface area contributed by atoms with E-state index < -0.39 is 10.8 Å². The fourth-order valence-electron chi connectivity index (χ4n) is 2.02. The Bertz CT molecular complexity index is 757. The second-order valence-corrected chi connectivity index (χ2v) is 4.36. The first-order valence-electron chi connectivity index (χ1n) is 6.04. The summed E-state index contributed by atoms with van der Waals surface area (Å²) in [5, 5.41) is 13.5. The highest BCUT2D eigenvalue weighted by atomic mass is 16.6. The number of nitrogens with zero attached hydrogens (tertiary/aromatic N) is 1. The van der Waals surface area contributed by atoms with Crippen LogP contribution >= 0.6 is 0 Å². The van der Waals surface area contributed by atoms with Crippen LogP contribution in [-0.4, -0.2) is 17.9 Å². The predicted molar refractivity (Wildman–Crippen MR) is 74.1 cm³/mol. The van der Waals surface area contributed by atoms with Gasteiger partial charge in [0.2, 0.25) is 0 Å². The Labute approximate surface area is 119 Å². The maximum atomic E-state index is 12.2. The second kappa shape index (κ2) is 4.78. The van der Waals surface area contributed by atoms with Crippen LogP contribution in [0.5, 0.6) is 17.2 Å². The van der Waals surface area contributed by atoms with Crippen molar-refractivity contribution in [3.8, 4) is 17.2 Å². The van der Waals surface area contributed by atoms with Crippen molar-refractivity contribution in [2.45, 2.75) is 0 Å². The van der Waals surface area contributed by atoms with Gasteiger partial charge < -0.3 is 14.8 Å². The molecule has 0 aromatic heterocycles. The Morgan fingerprint density at radius 3 is 2.71 bits per heavy atom. The summed E-state index contributed by atoms with van der Waals surface area (Å²) >= 11 is 0. The molecule has 21 heavy (non-hydrogen) atoms. The third kappa shape index (κ3) is 2.25. The summed E-state index contributed by atoms with van der Waals surface area (Å²) in [5.74, 6) is 0.784. The van der Waals surface area contributed by atoms with Crippen molar-refractivity contribution in [2.24, 2.45) is 0 Å². The summed E-state index contributed by atoms with van der Waals surface area (Å²) in [7, 11) is 1.52. The van der Waals surface area contributed by atoms with E-state index in [1.54, 1.807) is 18.2 Å². The molecule has 0 spiro atoms. The van der Waals surface area contributed by atoms with Crippen LogP contribution in [0.15, 0.2) is 36.4 Å². The molecule has 1 amide bonds. The van der Waals surface area contributed by atoms with E-state index in [4.69, 9.17) is 9.47 Å². The van der Waals surface area contributed by atoms with E-state index in [0.717, 1.165) is 0 Å². The van der Waals surface area contributed by atoms with Gasteiger partial charge in [-0.1, -0.05) is 0 Å². The highest BCUT2D eigenvalue weighted by Crippen LogP contribution is 2.38. The van der Waals surface area contributed by atoms with E-state index in [1.165, 1.54) is 25.3 Å². The smallest absolute Gasteiger partial charge is 0.270 e. The SMILES string of the molecule is COc1ccc2c(c1)Oc1ccc([N+](=O)[O-])cc1C(=O)N2. The number of ether oxygens (including phenoxy) is 2. The third-order valence-corrected chi connectivity index (χ3v) is 3.08. The molecule has 0 unspecified atom stereocenters. The van der Waals surface area contributed by atoms with E-state index in [2.05, 4.69) is 5.32 Å². The average molecular weight is 286 g/mol. The van der Waals surface area contributed by atoms with Gasteiger partial charge in [-0.15, -0.1) is 0 Å². The summed E-state index contributed by atoms with van der Waals surface area (Å²) in [6.45, 7) is 0. The number of carbonyl (C=O) groups excluding carboxylic acids is 1. The van der Waals surface area contributed by atoms with Crippen LogP contribution in [0.3, 0.4) is 0 Å². The van der Waals surface area contributed by atoms with Gasteiger partial charge in [-0.05, 0) is 18.2 Å². The monoisotopic (exact) mass is 286 g/mol. The van der Waals surface area contributed by atoms with Gasteiger partial charge >= 0.3 is 0 Å². The molecule has 0 atom stereocenters. The van der Waals surface area contributed by atoms with E-state index in [0.29, 0.717) is 17.2 Å². The minimum atomic E-state index is -0.561.